The zero-order valence-electron chi connectivity index (χ0n) is 8.95. The number of nitriles is 1. The first-order chi connectivity index (χ1) is 8.38. The fourth-order valence-corrected chi connectivity index (χ4v) is 1.35. The first-order valence-corrected chi connectivity index (χ1v) is 4.78. The number of nitrogens with zero attached hydrogens (tertiary/aromatic N) is 2. The van der Waals surface area contributed by atoms with Crippen LogP contribution in [0.25, 0.3) is 0 Å². The number of hydrogen-bond acceptors (Lipinski definition) is 6. The Morgan fingerprint density at radius 2 is 2.11 bits per heavy atom. The smallest absolute Gasteiger partial charge is 0.311 e. The van der Waals surface area contributed by atoms with Gasteiger partial charge in [-0.1, -0.05) is 0 Å². The lowest BCUT2D eigenvalue weighted by atomic mass is 10.0. The molecule has 0 radical (unpaired) electrons. The molecule has 2 atom stereocenters. The van der Waals surface area contributed by atoms with Crippen LogP contribution in [0.1, 0.15) is 18.1 Å². The maximum Gasteiger partial charge on any atom is 0.311 e. The van der Waals surface area contributed by atoms with Gasteiger partial charge in [0, 0.05) is 17.7 Å². The molecule has 2 unspecified atom stereocenters. The minimum absolute atomic E-state index is 0.463. The summed E-state index contributed by atoms with van der Waals surface area (Å²) in [4.78, 5) is 9.57. The van der Waals surface area contributed by atoms with Gasteiger partial charge in [-0.15, -0.1) is 0 Å². The molecule has 0 saturated heterocycles. The number of nitro benzene ring substituents is 1. The van der Waals surface area contributed by atoms with Gasteiger partial charge in [-0.25, -0.2) is 4.39 Å². The normalized spacial score (nSPS) is 13.7. The van der Waals surface area contributed by atoms with Gasteiger partial charge < -0.3 is 15.3 Å². The van der Waals surface area contributed by atoms with E-state index < -0.39 is 46.4 Å². The summed E-state index contributed by atoms with van der Waals surface area (Å²) in [5.41, 5.74) is -1.35. The Morgan fingerprint density at radius 1 is 1.50 bits per heavy atom. The van der Waals surface area contributed by atoms with E-state index in [-0.39, 0.29) is 0 Å². The van der Waals surface area contributed by atoms with Crippen LogP contribution in [0.2, 0.25) is 0 Å². The van der Waals surface area contributed by atoms with Gasteiger partial charge in [0.2, 0.25) is 0 Å². The Morgan fingerprint density at radius 3 is 2.61 bits per heavy atom. The van der Waals surface area contributed by atoms with Crippen LogP contribution in [0.4, 0.5) is 10.1 Å². The molecular weight excluding hydrogens is 247 g/mol. The van der Waals surface area contributed by atoms with Gasteiger partial charge in [0.1, 0.15) is 11.9 Å². The Kier molecular flexibility index (Phi) is 4.14. The lowest BCUT2D eigenvalue weighted by Crippen LogP contribution is -2.18. The topological polar surface area (TPSA) is 128 Å². The number of phenolic OH excluding ortho intramolecular Hbond substituents is 1. The number of nitro groups is 1. The molecule has 0 spiro atoms. The number of hydrogen-bond donors (Lipinski definition) is 3. The van der Waals surface area contributed by atoms with Crippen LogP contribution in [-0.2, 0) is 0 Å². The van der Waals surface area contributed by atoms with Gasteiger partial charge in [0.25, 0.3) is 0 Å². The van der Waals surface area contributed by atoms with Gasteiger partial charge in [-0.2, -0.15) is 5.26 Å². The zero-order chi connectivity index (χ0) is 13.9. The Balaban J connectivity index is 3.20. The minimum Gasteiger partial charge on any atom is -0.502 e. The first-order valence-electron chi connectivity index (χ1n) is 4.78. The average Bonchev–Trinajstić information content (AvgIpc) is 2.28. The van der Waals surface area contributed by atoms with Crippen molar-refractivity contribution in [3.05, 3.63) is 33.6 Å². The average molecular weight is 256 g/mol. The van der Waals surface area contributed by atoms with Crippen molar-refractivity contribution < 1.29 is 24.6 Å². The van der Waals surface area contributed by atoms with E-state index >= 15 is 0 Å². The maximum atomic E-state index is 13.4. The summed E-state index contributed by atoms with van der Waals surface area (Å²) in [5, 5.41) is 46.9. The standard InChI is InChI=1S/C10H9FN2O5/c11-6-4-9(15)7(13(17)18)3-5(6)10(16)8(14)1-2-12/h3-4,8,10,14-16H,1H2. The van der Waals surface area contributed by atoms with Crippen LogP contribution < -0.4 is 0 Å². The van der Waals surface area contributed by atoms with E-state index in [1.165, 1.54) is 0 Å². The molecule has 8 heteroatoms. The van der Waals surface area contributed by atoms with E-state index in [1.807, 2.05) is 0 Å². The molecule has 18 heavy (non-hydrogen) atoms. The van der Waals surface area contributed by atoms with Gasteiger partial charge in [-0.3, -0.25) is 10.1 Å². The molecule has 0 saturated carbocycles. The molecule has 1 aromatic rings. The number of rotatable bonds is 4. The number of halogens is 1. The molecule has 0 aliphatic heterocycles. The van der Waals surface area contributed by atoms with Crippen LogP contribution in [0, 0.1) is 27.3 Å². The summed E-state index contributed by atoms with van der Waals surface area (Å²) < 4.78 is 13.4. The van der Waals surface area contributed by atoms with E-state index in [9.17, 15) is 24.7 Å². The summed E-state index contributed by atoms with van der Waals surface area (Å²) in [5.74, 6) is -1.99. The number of benzene rings is 1. The van der Waals surface area contributed by atoms with E-state index in [2.05, 4.69) is 0 Å². The van der Waals surface area contributed by atoms with Gasteiger partial charge in [0.05, 0.1) is 23.5 Å². The SMILES string of the molecule is N#CCC(O)C(O)c1cc([N+](=O)[O-])c(O)cc1F. The summed E-state index contributed by atoms with van der Waals surface area (Å²) in [6.07, 6.45) is -3.83. The predicted molar refractivity (Wildman–Crippen MR) is 55.9 cm³/mol. The van der Waals surface area contributed by atoms with Gasteiger partial charge in [0.15, 0.2) is 5.75 Å². The van der Waals surface area contributed by atoms with Crippen molar-refractivity contribution in [2.75, 3.05) is 0 Å². The molecule has 0 aromatic heterocycles. The second-order valence-corrected chi connectivity index (χ2v) is 3.49. The molecule has 3 N–H and O–H groups in total. The highest BCUT2D eigenvalue weighted by atomic mass is 19.1. The molecule has 0 fully saturated rings. The Labute approximate surface area is 100 Å². The van der Waals surface area contributed by atoms with Crippen LogP contribution >= 0.6 is 0 Å². The van der Waals surface area contributed by atoms with E-state index in [0.29, 0.717) is 12.1 Å². The van der Waals surface area contributed by atoms with Gasteiger partial charge in [-0.05, 0) is 0 Å². The predicted octanol–water partition coefficient (Wildman–Crippen LogP) is 0.747. The van der Waals surface area contributed by atoms with Crippen molar-refractivity contribution in [1.29, 1.82) is 5.26 Å². The highest BCUT2D eigenvalue weighted by molar-refractivity contribution is 5.49. The van der Waals surface area contributed by atoms with Crippen LogP contribution in [-0.4, -0.2) is 26.3 Å². The lowest BCUT2D eigenvalue weighted by Gasteiger charge is -2.16. The summed E-state index contributed by atoms with van der Waals surface area (Å²) in [7, 11) is 0. The number of aliphatic hydroxyl groups excluding tert-OH is 2. The third-order valence-electron chi connectivity index (χ3n) is 2.27. The molecule has 0 bridgehead atoms. The molecule has 0 heterocycles. The second-order valence-electron chi connectivity index (χ2n) is 3.49. The number of aromatic hydroxyl groups is 1. The third-order valence-corrected chi connectivity index (χ3v) is 2.27. The quantitative estimate of drug-likeness (QED) is 0.538. The molecular formula is C10H9FN2O5. The van der Waals surface area contributed by atoms with Gasteiger partial charge >= 0.3 is 5.69 Å². The fourth-order valence-electron chi connectivity index (χ4n) is 1.35. The molecule has 0 aliphatic rings. The Bertz CT molecular complexity index is 514. The molecule has 1 rings (SSSR count). The van der Waals surface area contributed by atoms with Crippen LogP contribution in [0.15, 0.2) is 12.1 Å². The fraction of sp³-hybridized carbons (Fsp3) is 0.300. The van der Waals surface area contributed by atoms with E-state index in [1.54, 1.807) is 6.07 Å². The largest absolute Gasteiger partial charge is 0.502 e. The van der Waals surface area contributed by atoms with Crippen molar-refractivity contribution >= 4 is 5.69 Å². The number of phenols is 1. The molecule has 1 aromatic carbocycles. The number of aliphatic hydroxyl groups is 2. The summed E-state index contributed by atoms with van der Waals surface area (Å²) in [6.45, 7) is 0. The monoisotopic (exact) mass is 256 g/mol. The van der Waals surface area contributed by atoms with Crippen molar-refractivity contribution in [2.45, 2.75) is 18.6 Å². The zero-order valence-corrected chi connectivity index (χ0v) is 8.95. The molecule has 0 amide bonds. The van der Waals surface area contributed by atoms with Crippen molar-refractivity contribution in [3.63, 3.8) is 0 Å². The highest BCUT2D eigenvalue weighted by Crippen LogP contribution is 2.32. The van der Waals surface area contributed by atoms with Crippen molar-refractivity contribution in [3.8, 4) is 11.8 Å². The molecule has 7 nitrogen and oxygen atoms in total. The lowest BCUT2D eigenvalue weighted by molar-refractivity contribution is -0.386. The third kappa shape index (κ3) is 2.71. The van der Waals surface area contributed by atoms with E-state index in [0.717, 1.165) is 0 Å². The van der Waals surface area contributed by atoms with Crippen molar-refractivity contribution in [2.24, 2.45) is 0 Å². The molecule has 0 aliphatic carbocycles. The minimum atomic E-state index is -1.79. The Hall–Kier alpha value is -2.24. The first kappa shape index (κ1) is 13.8. The summed E-state index contributed by atoms with van der Waals surface area (Å²) in [6, 6.07) is 2.66. The van der Waals surface area contributed by atoms with E-state index in [4.69, 9.17) is 10.4 Å². The van der Waals surface area contributed by atoms with Crippen LogP contribution in [0.3, 0.4) is 0 Å². The second kappa shape index (κ2) is 5.39. The maximum absolute atomic E-state index is 13.4. The van der Waals surface area contributed by atoms with Crippen molar-refractivity contribution in [1.82, 2.24) is 0 Å². The highest BCUT2D eigenvalue weighted by Gasteiger charge is 2.26. The molecule has 96 valence electrons. The van der Waals surface area contributed by atoms with Crippen LogP contribution in [0.5, 0.6) is 5.75 Å². The summed E-state index contributed by atoms with van der Waals surface area (Å²) >= 11 is 0.